The van der Waals surface area contributed by atoms with Crippen molar-refractivity contribution in [2.45, 2.75) is 0 Å². The topological polar surface area (TPSA) is 85.1 Å². The van der Waals surface area contributed by atoms with Crippen LogP contribution in [-0.4, -0.2) is 15.8 Å². The van der Waals surface area contributed by atoms with Crippen molar-refractivity contribution in [2.75, 3.05) is 5.32 Å². The van der Waals surface area contributed by atoms with E-state index in [1.807, 2.05) is 0 Å². The van der Waals surface area contributed by atoms with Gasteiger partial charge in [0.15, 0.2) is 5.13 Å². The number of aromatic nitrogens is 1. The van der Waals surface area contributed by atoms with Crippen LogP contribution in [0.2, 0.25) is 5.02 Å². The molecule has 1 heterocycles. The second-order valence-electron chi connectivity index (χ2n) is 3.34. The Hall–Kier alpha value is -1.51. The number of rotatable bonds is 3. The van der Waals surface area contributed by atoms with Crippen LogP contribution in [0.5, 0.6) is 0 Å². The van der Waals surface area contributed by atoms with Crippen LogP contribution in [0, 0.1) is 10.1 Å². The van der Waals surface area contributed by atoms with Gasteiger partial charge in [-0.25, -0.2) is 4.98 Å². The van der Waals surface area contributed by atoms with Gasteiger partial charge in [0.25, 0.3) is 5.91 Å². The molecule has 2 rings (SSSR count). The number of benzene rings is 1. The fourth-order valence-electron chi connectivity index (χ4n) is 1.21. The highest BCUT2D eigenvalue weighted by molar-refractivity contribution is 9.10. The van der Waals surface area contributed by atoms with E-state index in [1.54, 1.807) is 12.1 Å². The minimum absolute atomic E-state index is 0.135. The monoisotopic (exact) mass is 361 g/mol. The van der Waals surface area contributed by atoms with Crippen LogP contribution < -0.4 is 5.32 Å². The minimum Gasteiger partial charge on any atom is -0.298 e. The molecular formula is C10H5BrClN3O3S. The molecule has 0 saturated heterocycles. The third-order valence-corrected chi connectivity index (χ3v) is 4.17. The standard InChI is InChI=1S/C10H5BrClN3O3S/c11-6-2-1-5(3-7(6)12)9(16)14-10-13-4-8(19-10)15(17)18/h1-4H,(H,13,14,16). The molecular weight excluding hydrogens is 358 g/mol. The Morgan fingerprint density at radius 1 is 1.53 bits per heavy atom. The number of nitrogens with zero attached hydrogens (tertiary/aromatic N) is 2. The summed E-state index contributed by atoms with van der Waals surface area (Å²) in [7, 11) is 0. The number of halogens is 2. The molecule has 19 heavy (non-hydrogen) atoms. The second kappa shape index (κ2) is 5.64. The van der Waals surface area contributed by atoms with Gasteiger partial charge in [0.2, 0.25) is 0 Å². The van der Waals surface area contributed by atoms with Crippen LogP contribution in [0.15, 0.2) is 28.9 Å². The van der Waals surface area contributed by atoms with Crippen molar-refractivity contribution < 1.29 is 9.72 Å². The van der Waals surface area contributed by atoms with E-state index in [9.17, 15) is 14.9 Å². The highest BCUT2D eigenvalue weighted by Crippen LogP contribution is 2.26. The lowest BCUT2D eigenvalue weighted by atomic mass is 10.2. The summed E-state index contributed by atoms with van der Waals surface area (Å²) in [6, 6.07) is 4.71. The van der Waals surface area contributed by atoms with E-state index in [4.69, 9.17) is 11.6 Å². The van der Waals surface area contributed by atoms with E-state index in [1.165, 1.54) is 6.07 Å². The normalized spacial score (nSPS) is 10.2. The van der Waals surface area contributed by atoms with E-state index in [0.717, 1.165) is 17.5 Å². The van der Waals surface area contributed by atoms with Gasteiger partial charge in [-0.2, -0.15) is 0 Å². The quantitative estimate of drug-likeness (QED) is 0.666. The molecule has 6 nitrogen and oxygen atoms in total. The summed E-state index contributed by atoms with van der Waals surface area (Å²) in [4.78, 5) is 25.5. The van der Waals surface area contributed by atoms with Gasteiger partial charge in [-0.05, 0) is 45.5 Å². The van der Waals surface area contributed by atoms with Crippen LogP contribution in [0.3, 0.4) is 0 Å². The minimum atomic E-state index is -0.566. The average molecular weight is 363 g/mol. The Labute approximate surface area is 124 Å². The van der Waals surface area contributed by atoms with Gasteiger partial charge in [-0.15, -0.1) is 0 Å². The Morgan fingerprint density at radius 2 is 2.26 bits per heavy atom. The summed E-state index contributed by atoms with van der Waals surface area (Å²) < 4.78 is 0.676. The highest BCUT2D eigenvalue weighted by atomic mass is 79.9. The molecule has 0 atom stereocenters. The number of nitro groups is 1. The largest absolute Gasteiger partial charge is 0.345 e. The number of anilines is 1. The molecule has 0 spiro atoms. The Kier molecular flexibility index (Phi) is 4.13. The van der Waals surface area contributed by atoms with Gasteiger partial charge in [-0.1, -0.05) is 11.6 Å². The van der Waals surface area contributed by atoms with E-state index < -0.39 is 10.8 Å². The number of hydrogen-bond donors (Lipinski definition) is 1. The summed E-state index contributed by atoms with van der Waals surface area (Å²) >= 11 is 9.88. The highest BCUT2D eigenvalue weighted by Gasteiger charge is 2.14. The molecule has 0 unspecified atom stereocenters. The maximum Gasteiger partial charge on any atom is 0.345 e. The number of carbonyl (C=O) groups excluding carboxylic acids is 1. The van der Waals surface area contributed by atoms with Crippen LogP contribution in [0.1, 0.15) is 10.4 Å². The molecule has 0 fully saturated rings. The molecule has 0 aliphatic rings. The Balaban J connectivity index is 2.15. The zero-order valence-corrected chi connectivity index (χ0v) is 12.3. The third kappa shape index (κ3) is 3.28. The van der Waals surface area contributed by atoms with Crippen LogP contribution in [0.25, 0.3) is 0 Å². The lowest BCUT2D eigenvalue weighted by Gasteiger charge is -2.02. The molecule has 0 aliphatic heterocycles. The van der Waals surface area contributed by atoms with Crippen molar-refractivity contribution in [3.05, 3.63) is 49.6 Å². The van der Waals surface area contributed by atoms with Crippen molar-refractivity contribution in [3.63, 3.8) is 0 Å². The van der Waals surface area contributed by atoms with Crippen molar-refractivity contribution in [1.82, 2.24) is 4.98 Å². The zero-order valence-electron chi connectivity index (χ0n) is 9.09. The number of hydrogen-bond acceptors (Lipinski definition) is 5. The first-order valence-electron chi connectivity index (χ1n) is 4.84. The van der Waals surface area contributed by atoms with Crippen molar-refractivity contribution in [2.24, 2.45) is 0 Å². The summed E-state index contributed by atoms with van der Waals surface area (Å²) in [5, 5.41) is 13.4. The number of amides is 1. The van der Waals surface area contributed by atoms with Crippen LogP contribution in [0.4, 0.5) is 10.1 Å². The molecule has 1 aromatic heterocycles. The van der Waals surface area contributed by atoms with Gasteiger partial charge in [0.05, 0.1) is 9.95 Å². The molecule has 9 heteroatoms. The molecule has 1 amide bonds. The SMILES string of the molecule is O=C(Nc1ncc([N+](=O)[O-])s1)c1ccc(Br)c(Cl)c1. The molecule has 0 aliphatic carbocycles. The molecule has 1 aromatic carbocycles. The average Bonchev–Trinajstić information content (AvgIpc) is 2.81. The lowest BCUT2D eigenvalue weighted by molar-refractivity contribution is -0.380. The van der Waals surface area contributed by atoms with E-state index in [2.05, 4.69) is 26.2 Å². The van der Waals surface area contributed by atoms with E-state index in [0.29, 0.717) is 15.1 Å². The van der Waals surface area contributed by atoms with Crippen molar-refractivity contribution in [3.8, 4) is 0 Å². The van der Waals surface area contributed by atoms with Gasteiger partial charge in [0.1, 0.15) is 6.20 Å². The van der Waals surface area contributed by atoms with E-state index >= 15 is 0 Å². The van der Waals surface area contributed by atoms with Crippen LogP contribution >= 0.6 is 38.9 Å². The van der Waals surface area contributed by atoms with Crippen molar-refractivity contribution in [1.29, 1.82) is 0 Å². The summed E-state index contributed by atoms with van der Waals surface area (Å²) in [6.07, 6.45) is 1.09. The summed E-state index contributed by atoms with van der Waals surface area (Å²) in [6.45, 7) is 0. The molecule has 2 aromatic rings. The van der Waals surface area contributed by atoms with Crippen LogP contribution in [-0.2, 0) is 0 Å². The summed E-state index contributed by atoms with van der Waals surface area (Å²) in [5.74, 6) is -0.432. The molecule has 98 valence electrons. The van der Waals surface area contributed by atoms with E-state index in [-0.39, 0.29) is 10.1 Å². The van der Waals surface area contributed by atoms with Gasteiger partial charge >= 0.3 is 5.00 Å². The number of thiazole rings is 1. The molecule has 0 saturated carbocycles. The first-order chi connectivity index (χ1) is 8.97. The number of carbonyl (C=O) groups is 1. The third-order valence-electron chi connectivity index (χ3n) is 2.08. The van der Waals surface area contributed by atoms with Gasteiger partial charge < -0.3 is 0 Å². The maximum atomic E-state index is 11.9. The number of nitrogens with one attached hydrogen (secondary N) is 1. The zero-order chi connectivity index (χ0) is 14.0. The molecule has 0 radical (unpaired) electrons. The Morgan fingerprint density at radius 3 is 2.84 bits per heavy atom. The fourth-order valence-corrected chi connectivity index (χ4v) is 2.27. The van der Waals surface area contributed by atoms with Gasteiger partial charge in [0, 0.05) is 10.0 Å². The summed E-state index contributed by atoms with van der Waals surface area (Å²) in [5.41, 5.74) is 0.339. The second-order valence-corrected chi connectivity index (χ2v) is 5.61. The fraction of sp³-hybridized carbons (Fsp3) is 0. The smallest absolute Gasteiger partial charge is 0.298 e. The predicted molar refractivity (Wildman–Crippen MR) is 75.9 cm³/mol. The maximum absolute atomic E-state index is 11.9. The first kappa shape index (κ1) is 13.9. The van der Waals surface area contributed by atoms with Gasteiger partial charge in [-0.3, -0.25) is 20.2 Å². The van der Waals surface area contributed by atoms with Crippen molar-refractivity contribution >= 4 is 54.9 Å². The first-order valence-corrected chi connectivity index (χ1v) is 6.83. The molecule has 0 bridgehead atoms. The predicted octanol–water partition coefficient (Wildman–Crippen LogP) is 3.72. The lowest BCUT2D eigenvalue weighted by Crippen LogP contribution is -2.11. The molecule has 1 N–H and O–H groups in total. The Bertz CT molecular complexity index is 661.